The SMILES string of the molecule is CNc1nc(C)nc2c1ncn2[C@@H]1O[C@](CCl)(CO[P@@](=S)(N[C@H](C)C(=O)OC(C)C)Oc2cccc3ccccc23)[C@@H](O)[C@H]1F. The van der Waals surface area contributed by atoms with Gasteiger partial charge >= 0.3 is 12.6 Å². The Bertz CT molecular complexity index is 1740. The molecule has 0 spiro atoms. The van der Waals surface area contributed by atoms with Crippen molar-refractivity contribution in [2.75, 3.05) is 24.9 Å². The maximum Gasteiger partial charge on any atom is 0.323 e. The number of aryl methyl sites for hydroxylation is 1. The van der Waals surface area contributed by atoms with E-state index < -0.39 is 49.4 Å². The average Bonchev–Trinajstić information content (AvgIpc) is 3.54. The Kier molecular flexibility index (Phi) is 9.95. The van der Waals surface area contributed by atoms with E-state index in [0.717, 1.165) is 10.8 Å². The van der Waals surface area contributed by atoms with Crippen LogP contribution in [0, 0.1) is 6.92 Å². The maximum atomic E-state index is 15.9. The lowest BCUT2D eigenvalue weighted by atomic mass is 9.99. The minimum atomic E-state index is -3.63. The summed E-state index contributed by atoms with van der Waals surface area (Å²) in [4.78, 5) is 25.8. The van der Waals surface area contributed by atoms with Gasteiger partial charge in [0.05, 0.1) is 24.9 Å². The van der Waals surface area contributed by atoms with E-state index in [1.54, 1.807) is 46.9 Å². The summed E-state index contributed by atoms with van der Waals surface area (Å²) in [5, 5.41) is 18.8. The topological polar surface area (TPSA) is 142 Å². The second kappa shape index (κ2) is 13.4. The fraction of sp³-hybridized carbons (Fsp3) is 0.448. The highest BCUT2D eigenvalue weighted by atomic mass is 35.5. The summed E-state index contributed by atoms with van der Waals surface area (Å²) in [5.74, 6) is 0.365. The highest BCUT2D eigenvalue weighted by Crippen LogP contribution is 2.50. The van der Waals surface area contributed by atoms with Crippen LogP contribution < -0.4 is 14.9 Å². The first-order valence-corrected chi connectivity index (χ1v) is 17.4. The molecule has 0 radical (unpaired) electrons. The van der Waals surface area contributed by atoms with Gasteiger partial charge in [-0.25, -0.2) is 24.4 Å². The van der Waals surface area contributed by atoms with Crippen LogP contribution in [0.1, 0.15) is 32.8 Å². The van der Waals surface area contributed by atoms with Crippen molar-refractivity contribution < 1.29 is 32.8 Å². The van der Waals surface area contributed by atoms with Crippen LogP contribution in [0.2, 0.25) is 0 Å². The Morgan fingerprint density at radius 3 is 2.69 bits per heavy atom. The molecule has 45 heavy (non-hydrogen) atoms. The van der Waals surface area contributed by atoms with Crippen LogP contribution in [-0.4, -0.2) is 80.2 Å². The number of imidazole rings is 1. The zero-order valence-corrected chi connectivity index (χ0v) is 27.8. The molecule has 12 nitrogen and oxygen atoms in total. The number of rotatable bonds is 12. The summed E-state index contributed by atoms with van der Waals surface area (Å²) in [6.07, 6.45) is -4.02. The van der Waals surface area contributed by atoms with E-state index in [0.29, 0.717) is 28.6 Å². The average molecular weight is 681 g/mol. The van der Waals surface area contributed by atoms with E-state index in [9.17, 15) is 9.90 Å². The molecule has 16 heteroatoms. The zero-order valence-electron chi connectivity index (χ0n) is 25.3. The monoisotopic (exact) mass is 680 g/mol. The van der Waals surface area contributed by atoms with E-state index in [4.69, 9.17) is 41.9 Å². The quantitative estimate of drug-likeness (QED) is 0.108. The molecule has 2 aromatic heterocycles. The molecule has 2 aromatic carbocycles. The van der Waals surface area contributed by atoms with E-state index in [-0.39, 0.29) is 12.0 Å². The van der Waals surface area contributed by atoms with Crippen LogP contribution in [0.5, 0.6) is 5.75 Å². The first-order valence-electron chi connectivity index (χ1n) is 14.3. The molecule has 5 rings (SSSR count). The van der Waals surface area contributed by atoms with Crippen molar-refractivity contribution in [3.8, 4) is 5.75 Å². The van der Waals surface area contributed by atoms with Crippen molar-refractivity contribution in [3.63, 3.8) is 0 Å². The lowest BCUT2D eigenvalue weighted by Crippen LogP contribution is -2.48. The van der Waals surface area contributed by atoms with E-state index in [1.807, 2.05) is 30.3 Å². The number of aliphatic hydroxyl groups excluding tert-OH is 1. The minimum absolute atomic E-state index is 0.307. The van der Waals surface area contributed by atoms with Crippen molar-refractivity contribution >= 4 is 63.8 Å². The number of halogens is 2. The molecule has 3 N–H and O–H groups in total. The predicted octanol–water partition coefficient (Wildman–Crippen LogP) is 4.78. The Balaban J connectivity index is 1.45. The van der Waals surface area contributed by atoms with E-state index in [2.05, 4.69) is 25.4 Å². The number of aromatic nitrogens is 4. The number of alkyl halides is 2. The third-order valence-corrected chi connectivity index (χ3v) is 10.2. The van der Waals surface area contributed by atoms with Crippen LogP contribution in [0.4, 0.5) is 10.2 Å². The van der Waals surface area contributed by atoms with Gasteiger partial charge in [0.25, 0.3) is 0 Å². The van der Waals surface area contributed by atoms with Gasteiger partial charge < -0.3 is 28.9 Å². The maximum absolute atomic E-state index is 15.9. The minimum Gasteiger partial charge on any atom is -0.462 e. The van der Waals surface area contributed by atoms with Crippen LogP contribution in [0.15, 0.2) is 48.8 Å². The number of nitrogens with one attached hydrogen (secondary N) is 2. The second-order valence-corrected chi connectivity index (χ2v) is 14.4. The molecule has 0 bridgehead atoms. The molecule has 0 amide bonds. The number of hydrogen-bond donors (Lipinski definition) is 3. The fourth-order valence-corrected chi connectivity index (χ4v) is 7.74. The van der Waals surface area contributed by atoms with Crippen LogP contribution in [-0.2, 0) is 30.6 Å². The summed E-state index contributed by atoms with van der Waals surface area (Å²) >= 11 is 12.3. The lowest BCUT2D eigenvalue weighted by molar-refractivity contribution is -0.149. The van der Waals surface area contributed by atoms with Gasteiger partial charge in [0.1, 0.15) is 29.3 Å². The molecule has 3 heterocycles. The molecule has 0 saturated carbocycles. The number of hydrogen-bond acceptors (Lipinski definition) is 11. The predicted molar refractivity (Wildman–Crippen MR) is 173 cm³/mol. The van der Waals surface area contributed by atoms with E-state index >= 15 is 4.39 Å². The third-order valence-electron chi connectivity index (χ3n) is 7.24. The van der Waals surface area contributed by atoms with E-state index in [1.165, 1.54) is 10.9 Å². The first-order chi connectivity index (χ1) is 21.4. The normalized spacial score (nSPS) is 23.7. The largest absolute Gasteiger partial charge is 0.462 e. The number of benzene rings is 2. The Morgan fingerprint density at radius 2 is 1.98 bits per heavy atom. The first kappa shape index (κ1) is 33.4. The number of nitrogens with zero attached hydrogens (tertiary/aromatic N) is 4. The molecule has 4 aromatic rings. The highest BCUT2D eigenvalue weighted by molar-refractivity contribution is 8.09. The molecule has 1 fully saturated rings. The fourth-order valence-electron chi connectivity index (χ4n) is 5.00. The lowest BCUT2D eigenvalue weighted by Gasteiger charge is -2.33. The van der Waals surface area contributed by atoms with Crippen LogP contribution in [0.3, 0.4) is 0 Å². The van der Waals surface area contributed by atoms with Crippen molar-refractivity contribution in [1.82, 2.24) is 24.6 Å². The summed E-state index contributed by atoms with van der Waals surface area (Å²) in [6, 6.07) is 12.0. The zero-order chi connectivity index (χ0) is 32.5. The Morgan fingerprint density at radius 1 is 1.24 bits per heavy atom. The molecular formula is C29H35ClFN6O6PS. The van der Waals surface area contributed by atoms with Crippen molar-refractivity contribution in [3.05, 3.63) is 54.6 Å². The van der Waals surface area contributed by atoms with Gasteiger partial charge in [-0.3, -0.25) is 9.36 Å². The van der Waals surface area contributed by atoms with Gasteiger partial charge in [-0.15, -0.1) is 11.6 Å². The molecule has 1 saturated heterocycles. The van der Waals surface area contributed by atoms with Crippen molar-refractivity contribution in [1.29, 1.82) is 0 Å². The van der Waals surface area contributed by atoms with Crippen LogP contribution >= 0.6 is 18.2 Å². The standard InChI is InChI=1S/C29H35ClFN6O6PS/c1-16(2)41-28(39)17(3)36-44(45,43-21-12-8-10-19-9-6-7-11-20(19)21)40-14-29(13-30)24(38)22(31)27(42-29)37-15-33-23-25(32-5)34-18(4)35-26(23)37/h6-12,15-17,22,24,27,38H,13-14H2,1-5H3,(H,36,45)(H,32,34,35)/t17-,22-,24+,27-,29-,44+/m1/s1. The number of carbonyl (C=O) groups is 1. The molecular weight excluding hydrogens is 646 g/mol. The Hall–Kier alpha value is -2.97. The van der Waals surface area contributed by atoms with Gasteiger partial charge in [0, 0.05) is 12.4 Å². The Labute approximate surface area is 269 Å². The molecule has 1 aliphatic heterocycles. The van der Waals surface area contributed by atoms with Crippen LogP contribution in [0.25, 0.3) is 21.9 Å². The summed E-state index contributed by atoms with van der Waals surface area (Å²) < 4.78 is 41.3. The van der Waals surface area contributed by atoms with Gasteiger partial charge in [-0.1, -0.05) is 36.4 Å². The number of carbonyl (C=O) groups excluding carboxylic acids is 1. The number of anilines is 1. The van der Waals surface area contributed by atoms with Gasteiger partial charge in [-0.2, -0.15) is 0 Å². The van der Waals surface area contributed by atoms with Crippen molar-refractivity contribution in [2.45, 2.75) is 63.9 Å². The molecule has 0 unspecified atom stereocenters. The number of ether oxygens (including phenoxy) is 2. The summed E-state index contributed by atoms with van der Waals surface area (Å²) in [5.41, 5.74) is -1.05. The molecule has 242 valence electrons. The van der Waals surface area contributed by atoms with Gasteiger partial charge in [0.15, 0.2) is 29.4 Å². The second-order valence-electron chi connectivity index (χ2n) is 11.0. The number of aliphatic hydroxyl groups is 1. The highest BCUT2D eigenvalue weighted by Gasteiger charge is 2.57. The number of fused-ring (bicyclic) bond motifs is 2. The third kappa shape index (κ3) is 6.78. The molecule has 6 atom stereocenters. The number of esters is 1. The van der Waals surface area contributed by atoms with Crippen molar-refractivity contribution in [2.24, 2.45) is 0 Å². The summed E-state index contributed by atoms with van der Waals surface area (Å²) in [7, 11) is 1.69. The molecule has 1 aliphatic rings. The van der Waals surface area contributed by atoms with Gasteiger partial charge in [0.2, 0.25) is 0 Å². The van der Waals surface area contributed by atoms with Gasteiger partial charge in [-0.05, 0) is 51.0 Å². The molecule has 0 aliphatic carbocycles. The smallest absolute Gasteiger partial charge is 0.323 e. The summed E-state index contributed by atoms with van der Waals surface area (Å²) in [6.45, 7) is 2.62.